The van der Waals surface area contributed by atoms with Gasteiger partial charge < -0.3 is 10.2 Å². The molecule has 2 saturated heterocycles. The zero-order chi connectivity index (χ0) is 20.1. The van der Waals surface area contributed by atoms with Crippen LogP contribution in [0.5, 0.6) is 0 Å². The maximum atomic E-state index is 12.8. The molecule has 0 aliphatic carbocycles. The molecule has 4 rings (SSSR count). The maximum absolute atomic E-state index is 12.8. The Morgan fingerprint density at radius 3 is 2.83 bits per heavy atom. The number of nitrogens with one attached hydrogen (secondary N) is 1. The van der Waals surface area contributed by atoms with E-state index in [4.69, 9.17) is 0 Å². The minimum Gasteiger partial charge on any atom is -0.335 e. The third-order valence-electron chi connectivity index (χ3n) is 6.02. The molecule has 156 valence electrons. The molecular formula is C22H32N6O. The molecule has 7 heteroatoms. The van der Waals surface area contributed by atoms with Gasteiger partial charge in [0.15, 0.2) is 5.69 Å². The lowest BCUT2D eigenvalue weighted by Crippen LogP contribution is -2.48. The van der Waals surface area contributed by atoms with Crippen molar-refractivity contribution in [2.75, 3.05) is 32.7 Å². The Hall–Kier alpha value is -2.25. The second-order valence-corrected chi connectivity index (χ2v) is 8.36. The molecule has 7 nitrogen and oxygen atoms in total. The molecule has 1 amide bonds. The summed E-state index contributed by atoms with van der Waals surface area (Å²) >= 11 is 0. The van der Waals surface area contributed by atoms with Gasteiger partial charge in [-0.15, -0.1) is 5.10 Å². The number of carbonyl (C=O) groups excluding carboxylic acids is 1. The third kappa shape index (κ3) is 5.42. The fraction of sp³-hybridized carbons (Fsp3) is 0.591. The van der Waals surface area contributed by atoms with E-state index in [-0.39, 0.29) is 5.91 Å². The number of carbonyl (C=O) groups is 1. The van der Waals surface area contributed by atoms with E-state index in [2.05, 4.69) is 51.7 Å². The molecule has 2 aliphatic heterocycles. The highest BCUT2D eigenvalue weighted by Crippen LogP contribution is 2.13. The van der Waals surface area contributed by atoms with Gasteiger partial charge in [-0.2, -0.15) is 0 Å². The van der Waals surface area contributed by atoms with E-state index in [1.54, 1.807) is 0 Å². The van der Waals surface area contributed by atoms with Crippen molar-refractivity contribution in [3.63, 3.8) is 0 Å². The summed E-state index contributed by atoms with van der Waals surface area (Å²) in [6.07, 6.45) is 6.65. The minimum atomic E-state index is 0.00208. The summed E-state index contributed by atoms with van der Waals surface area (Å²) in [5.41, 5.74) is 3.09. The largest absolute Gasteiger partial charge is 0.335 e. The zero-order valence-electron chi connectivity index (χ0n) is 17.4. The molecule has 1 unspecified atom stereocenters. The van der Waals surface area contributed by atoms with Gasteiger partial charge in [-0.25, -0.2) is 0 Å². The van der Waals surface area contributed by atoms with Crippen LogP contribution in [0.4, 0.5) is 0 Å². The Morgan fingerprint density at radius 2 is 2.07 bits per heavy atom. The highest BCUT2D eigenvalue weighted by Gasteiger charge is 2.24. The van der Waals surface area contributed by atoms with Crippen LogP contribution < -0.4 is 5.32 Å². The number of aryl methyl sites for hydroxylation is 2. The van der Waals surface area contributed by atoms with Gasteiger partial charge in [0.05, 0.1) is 6.20 Å². The summed E-state index contributed by atoms with van der Waals surface area (Å²) in [6.45, 7) is 8.24. The van der Waals surface area contributed by atoms with E-state index in [9.17, 15) is 4.79 Å². The molecule has 0 radical (unpaired) electrons. The van der Waals surface area contributed by atoms with Gasteiger partial charge in [0.1, 0.15) is 0 Å². The number of amides is 1. The average Bonchev–Trinajstić information content (AvgIpc) is 3.22. The molecule has 2 fully saturated rings. The second-order valence-electron chi connectivity index (χ2n) is 8.36. The number of aromatic nitrogens is 3. The van der Waals surface area contributed by atoms with E-state index < -0.39 is 0 Å². The molecule has 1 aromatic heterocycles. The predicted octanol–water partition coefficient (Wildman–Crippen LogP) is 2.08. The highest BCUT2D eigenvalue weighted by atomic mass is 16.2. The van der Waals surface area contributed by atoms with Crippen molar-refractivity contribution in [2.24, 2.45) is 0 Å². The van der Waals surface area contributed by atoms with Crippen LogP contribution in [0.15, 0.2) is 30.5 Å². The van der Waals surface area contributed by atoms with Crippen molar-refractivity contribution in [3.05, 3.63) is 47.3 Å². The van der Waals surface area contributed by atoms with Crippen molar-refractivity contribution in [3.8, 4) is 0 Å². The SMILES string of the molecule is Cc1cccc(CN2CCN(C(=O)c3cn(CCC4CCCCN4)nn3)CC2)c1. The van der Waals surface area contributed by atoms with Gasteiger partial charge in [-0.3, -0.25) is 14.4 Å². The van der Waals surface area contributed by atoms with Crippen molar-refractivity contribution in [2.45, 2.75) is 51.7 Å². The van der Waals surface area contributed by atoms with Gasteiger partial charge in [0.2, 0.25) is 0 Å². The molecule has 2 aromatic rings. The Labute approximate surface area is 173 Å². The van der Waals surface area contributed by atoms with Crippen LogP contribution in [-0.2, 0) is 13.1 Å². The van der Waals surface area contributed by atoms with Gasteiger partial charge in [-0.05, 0) is 38.3 Å². The van der Waals surface area contributed by atoms with Crippen LogP contribution in [0.1, 0.15) is 47.3 Å². The van der Waals surface area contributed by atoms with E-state index >= 15 is 0 Å². The van der Waals surface area contributed by atoms with Crippen LogP contribution in [0.2, 0.25) is 0 Å². The summed E-state index contributed by atoms with van der Waals surface area (Å²) in [4.78, 5) is 17.1. The van der Waals surface area contributed by atoms with E-state index in [1.165, 1.54) is 30.4 Å². The van der Waals surface area contributed by atoms with Crippen LogP contribution in [0, 0.1) is 6.92 Å². The number of benzene rings is 1. The predicted molar refractivity (Wildman–Crippen MR) is 113 cm³/mol. The van der Waals surface area contributed by atoms with Crippen molar-refractivity contribution in [1.29, 1.82) is 0 Å². The lowest BCUT2D eigenvalue weighted by atomic mass is 10.0. The van der Waals surface area contributed by atoms with E-state index in [1.807, 2.05) is 15.8 Å². The molecule has 1 aromatic carbocycles. The normalized spacial score (nSPS) is 20.7. The first-order chi connectivity index (χ1) is 14.2. The lowest BCUT2D eigenvalue weighted by molar-refractivity contribution is 0.0622. The molecule has 1 atom stereocenters. The fourth-order valence-electron chi connectivity index (χ4n) is 4.30. The number of piperidine rings is 1. The maximum Gasteiger partial charge on any atom is 0.276 e. The van der Waals surface area contributed by atoms with Crippen molar-refractivity contribution < 1.29 is 4.79 Å². The standard InChI is InChI=1S/C22H32N6O/c1-18-5-4-6-19(15-18)16-26-11-13-27(14-12-26)22(29)21-17-28(25-24-21)10-8-20-7-2-3-9-23-20/h4-6,15,17,20,23H,2-3,7-14,16H2,1H3. The minimum absolute atomic E-state index is 0.00208. The molecule has 2 aliphatic rings. The first kappa shape index (κ1) is 20.0. The highest BCUT2D eigenvalue weighted by molar-refractivity contribution is 5.92. The summed E-state index contributed by atoms with van der Waals surface area (Å²) in [5.74, 6) is 0.00208. The first-order valence-electron chi connectivity index (χ1n) is 10.9. The number of hydrogen-bond donors (Lipinski definition) is 1. The summed E-state index contributed by atoms with van der Waals surface area (Å²) in [5, 5.41) is 11.9. The Kier molecular flexibility index (Phi) is 6.56. The first-order valence-corrected chi connectivity index (χ1v) is 10.9. The van der Waals surface area contributed by atoms with Gasteiger partial charge in [0.25, 0.3) is 5.91 Å². The molecule has 0 spiro atoms. The Balaban J connectivity index is 1.24. The van der Waals surface area contributed by atoms with Crippen LogP contribution >= 0.6 is 0 Å². The summed E-state index contributed by atoms with van der Waals surface area (Å²) < 4.78 is 1.82. The average molecular weight is 397 g/mol. The molecule has 3 heterocycles. The van der Waals surface area contributed by atoms with Crippen LogP contribution in [0.3, 0.4) is 0 Å². The van der Waals surface area contributed by atoms with Gasteiger partial charge in [0, 0.05) is 45.3 Å². The molecule has 29 heavy (non-hydrogen) atoms. The second kappa shape index (κ2) is 9.50. The monoisotopic (exact) mass is 396 g/mol. The third-order valence-corrected chi connectivity index (χ3v) is 6.02. The van der Waals surface area contributed by atoms with Gasteiger partial charge in [-0.1, -0.05) is 41.5 Å². The molecule has 0 bridgehead atoms. The topological polar surface area (TPSA) is 66.3 Å². The van der Waals surface area contributed by atoms with E-state index in [0.717, 1.165) is 52.2 Å². The summed E-state index contributed by atoms with van der Waals surface area (Å²) in [6, 6.07) is 9.20. The number of hydrogen-bond acceptors (Lipinski definition) is 5. The van der Waals surface area contributed by atoms with Crippen molar-refractivity contribution in [1.82, 2.24) is 30.1 Å². The molecular weight excluding hydrogens is 364 g/mol. The molecule has 0 saturated carbocycles. The van der Waals surface area contributed by atoms with E-state index in [0.29, 0.717) is 11.7 Å². The quantitative estimate of drug-likeness (QED) is 0.810. The molecule has 1 N–H and O–H groups in total. The number of rotatable bonds is 6. The summed E-state index contributed by atoms with van der Waals surface area (Å²) in [7, 11) is 0. The Morgan fingerprint density at radius 1 is 1.21 bits per heavy atom. The fourth-order valence-corrected chi connectivity index (χ4v) is 4.30. The van der Waals surface area contributed by atoms with Gasteiger partial charge >= 0.3 is 0 Å². The number of piperazine rings is 1. The smallest absolute Gasteiger partial charge is 0.276 e. The zero-order valence-corrected chi connectivity index (χ0v) is 17.4. The lowest BCUT2D eigenvalue weighted by Gasteiger charge is -2.34. The van der Waals surface area contributed by atoms with Crippen LogP contribution in [0.25, 0.3) is 0 Å². The van der Waals surface area contributed by atoms with Crippen molar-refractivity contribution >= 4 is 5.91 Å². The Bertz CT molecular complexity index is 805. The van der Waals surface area contributed by atoms with Crippen LogP contribution in [-0.4, -0.2) is 69.5 Å². The number of nitrogens with zero attached hydrogens (tertiary/aromatic N) is 5.